The molecule has 18 heavy (non-hydrogen) atoms. The standard InChI is InChI=1S/C14H23NO3/c1-12(15)13-6-3-4-7-14(13)18-11-10-17-9-5-8-16-2/h3-4,6-7,12H,5,8-11,15H2,1-2H3. The van der Waals surface area contributed by atoms with Crippen LogP contribution in [0.3, 0.4) is 0 Å². The zero-order valence-electron chi connectivity index (χ0n) is 11.2. The maximum atomic E-state index is 5.87. The predicted octanol–water partition coefficient (Wildman–Crippen LogP) is 2.14. The first-order chi connectivity index (χ1) is 8.75. The quantitative estimate of drug-likeness (QED) is 0.685. The molecule has 102 valence electrons. The van der Waals surface area contributed by atoms with E-state index in [0.29, 0.717) is 19.8 Å². The van der Waals surface area contributed by atoms with Gasteiger partial charge in [-0.3, -0.25) is 0 Å². The summed E-state index contributed by atoms with van der Waals surface area (Å²) < 4.78 is 16.0. The zero-order valence-corrected chi connectivity index (χ0v) is 11.2. The Labute approximate surface area is 109 Å². The van der Waals surface area contributed by atoms with Crippen LogP contribution in [0.1, 0.15) is 24.9 Å². The first kappa shape index (κ1) is 15.0. The van der Waals surface area contributed by atoms with Gasteiger partial charge in [0.15, 0.2) is 0 Å². The van der Waals surface area contributed by atoms with Gasteiger partial charge in [-0.05, 0) is 19.4 Å². The van der Waals surface area contributed by atoms with Gasteiger partial charge in [0, 0.05) is 31.9 Å². The Bertz CT molecular complexity index is 329. The summed E-state index contributed by atoms with van der Waals surface area (Å²) in [6, 6.07) is 7.81. The highest BCUT2D eigenvalue weighted by Crippen LogP contribution is 2.22. The summed E-state index contributed by atoms with van der Waals surface area (Å²) >= 11 is 0. The van der Waals surface area contributed by atoms with Crippen LogP contribution in [-0.4, -0.2) is 33.5 Å². The number of benzene rings is 1. The van der Waals surface area contributed by atoms with Crippen LogP contribution in [0.5, 0.6) is 5.75 Å². The minimum absolute atomic E-state index is 0.0242. The molecule has 2 N–H and O–H groups in total. The molecule has 0 aliphatic carbocycles. The van der Waals surface area contributed by atoms with Crippen LogP contribution >= 0.6 is 0 Å². The van der Waals surface area contributed by atoms with Gasteiger partial charge in [-0.2, -0.15) is 0 Å². The molecule has 4 nitrogen and oxygen atoms in total. The van der Waals surface area contributed by atoms with Crippen LogP contribution in [0.4, 0.5) is 0 Å². The van der Waals surface area contributed by atoms with Gasteiger partial charge in [0.25, 0.3) is 0 Å². The zero-order chi connectivity index (χ0) is 13.2. The Morgan fingerprint density at radius 1 is 1.11 bits per heavy atom. The van der Waals surface area contributed by atoms with E-state index in [4.69, 9.17) is 19.9 Å². The van der Waals surface area contributed by atoms with Gasteiger partial charge in [0.1, 0.15) is 12.4 Å². The highest BCUT2D eigenvalue weighted by Gasteiger charge is 2.06. The van der Waals surface area contributed by atoms with E-state index < -0.39 is 0 Å². The Hall–Kier alpha value is -1.10. The van der Waals surface area contributed by atoms with Crippen LogP contribution in [-0.2, 0) is 9.47 Å². The van der Waals surface area contributed by atoms with Crippen LogP contribution in [0.25, 0.3) is 0 Å². The van der Waals surface area contributed by atoms with E-state index in [2.05, 4.69) is 0 Å². The van der Waals surface area contributed by atoms with Crippen molar-refractivity contribution in [2.24, 2.45) is 5.73 Å². The third-order valence-corrected chi connectivity index (χ3v) is 2.53. The predicted molar refractivity (Wildman–Crippen MR) is 71.9 cm³/mol. The lowest BCUT2D eigenvalue weighted by molar-refractivity contribution is 0.0803. The average Bonchev–Trinajstić information content (AvgIpc) is 2.38. The Kier molecular flexibility index (Phi) is 7.41. The Balaban J connectivity index is 2.23. The molecule has 0 amide bonds. The van der Waals surface area contributed by atoms with Gasteiger partial charge in [-0.25, -0.2) is 0 Å². The van der Waals surface area contributed by atoms with Gasteiger partial charge in [-0.1, -0.05) is 18.2 Å². The molecular formula is C14H23NO3. The second-order valence-electron chi connectivity index (χ2n) is 4.13. The second-order valence-corrected chi connectivity index (χ2v) is 4.13. The number of para-hydroxylation sites is 1. The van der Waals surface area contributed by atoms with E-state index in [-0.39, 0.29) is 6.04 Å². The Morgan fingerprint density at radius 2 is 1.89 bits per heavy atom. The number of ether oxygens (including phenoxy) is 3. The molecule has 0 heterocycles. The van der Waals surface area contributed by atoms with Crippen molar-refractivity contribution in [3.8, 4) is 5.75 Å². The fourth-order valence-electron chi connectivity index (χ4n) is 1.61. The van der Waals surface area contributed by atoms with Gasteiger partial charge < -0.3 is 19.9 Å². The molecule has 0 aliphatic rings. The fraction of sp³-hybridized carbons (Fsp3) is 0.571. The van der Waals surface area contributed by atoms with E-state index in [9.17, 15) is 0 Å². The highest BCUT2D eigenvalue weighted by molar-refractivity contribution is 5.35. The number of nitrogens with two attached hydrogens (primary N) is 1. The van der Waals surface area contributed by atoms with Crippen LogP contribution in [0.15, 0.2) is 24.3 Å². The third kappa shape index (κ3) is 5.49. The van der Waals surface area contributed by atoms with Gasteiger partial charge in [0.2, 0.25) is 0 Å². The molecule has 0 fully saturated rings. The molecule has 0 radical (unpaired) electrons. The normalized spacial score (nSPS) is 12.4. The minimum Gasteiger partial charge on any atom is -0.491 e. The Morgan fingerprint density at radius 3 is 2.61 bits per heavy atom. The van der Waals surface area contributed by atoms with Crippen molar-refractivity contribution < 1.29 is 14.2 Å². The highest BCUT2D eigenvalue weighted by atomic mass is 16.5. The lowest BCUT2D eigenvalue weighted by atomic mass is 10.1. The molecule has 1 rings (SSSR count). The molecule has 0 saturated heterocycles. The lowest BCUT2D eigenvalue weighted by Gasteiger charge is -2.13. The number of hydrogen-bond acceptors (Lipinski definition) is 4. The van der Waals surface area contributed by atoms with Crippen molar-refractivity contribution in [3.05, 3.63) is 29.8 Å². The maximum absolute atomic E-state index is 5.87. The lowest BCUT2D eigenvalue weighted by Crippen LogP contribution is -2.12. The smallest absolute Gasteiger partial charge is 0.124 e. The second kappa shape index (κ2) is 8.91. The summed E-state index contributed by atoms with van der Waals surface area (Å²) in [4.78, 5) is 0. The average molecular weight is 253 g/mol. The van der Waals surface area contributed by atoms with Crippen molar-refractivity contribution in [3.63, 3.8) is 0 Å². The van der Waals surface area contributed by atoms with Crippen LogP contribution < -0.4 is 10.5 Å². The molecule has 1 aromatic carbocycles. The fourth-order valence-corrected chi connectivity index (χ4v) is 1.61. The molecule has 0 aromatic heterocycles. The molecule has 0 saturated carbocycles. The molecule has 4 heteroatoms. The third-order valence-electron chi connectivity index (χ3n) is 2.53. The number of hydrogen-bond donors (Lipinski definition) is 1. The summed E-state index contributed by atoms with van der Waals surface area (Å²) in [5.74, 6) is 0.841. The summed E-state index contributed by atoms with van der Waals surface area (Å²) in [6.07, 6.45) is 0.910. The van der Waals surface area contributed by atoms with Crippen LogP contribution in [0, 0.1) is 0 Å². The molecule has 0 bridgehead atoms. The van der Waals surface area contributed by atoms with Gasteiger partial charge in [0.05, 0.1) is 6.61 Å². The van der Waals surface area contributed by atoms with Crippen molar-refractivity contribution in [2.45, 2.75) is 19.4 Å². The summed E-state index contributed by atoms with van der Waals surface area (Å²) in [6.45, 7) is 4.50. The summed E-state index contributed by atoms with van der Waals surface area (Å²) in [7, 11) is 1.69. The van der Waals surface area contributed by atoms with Gasteiger partial charge >= 0.3 is 0 Å². The van der Waals surface area contributed by atoms with Crippen molar-refractivity contribution in [1.29, 1.82) is 0 Å². The van der Waals surface area contributed by atoms with Crippen LogP contribution in [0.2, 0.25) is 0 Å². The van der Waals surface area contributed by atoms with E-state index in [1.54, 1.807) is 7.11 Å². The SMILES string of the molecule is COCCCOCCOc1ccccc1C(C)N. The van der Waals surface area contributed by atoms with E-state index in [1.165, 1.54) is 0 Å². The topological polar surface area (TPSA) is 53.7 Å². The molecular weight excluding hydrogens is 230 g/mol. The maximum Gasteiger partial charge on any atom is 0.124 e. The summed E-state index contributed by atoms with van der Waals surface area (Å²) in [5, 5.41) is 0. The minimum atomic E-state index is -0.0242. The largest absolute Gasteiger partial charge is 0.491 e. The van der Waals surface area contributed by atoms with Crippen molar-refractivity contribution in [2.75, 3.05) is 33.5 Å². The number of rotatable bonds is 9. The molecule has 1 aromatic rings. The number of methoxy groups -OCH3 is 1. The first-order valence-corrected chi connectivity index (χ1v) is 6.29. The monoisotopic (exact) mass is 253 g/mol. The molecule has 0 spiro atoms. The molecule has 1 unspecified atom stereocenters. The molecule has 1 atom stereocenters. The summed E-state index contributed by atoms with van der Waals surface area (Å²) in [5.41, 5.74) is 6.90. The van der Waals surface area contributed by atoms with E-state index >= 15 is 0 Å². The van der Waals surface area contributed by atoms with E-state index in [0.717, 1.165) is 24.3 Å². The first-order valence-electron chi connectivity index (χ1n) is 6.29. The molecule has 0 aliphatic heterocycles. The van der Waals surface area contributed by atoms with Gasteiger partial charge in [-0.15, -0.1) is 0 Å². The van der Waals surface area contributed by atoms with Crippen molar-refractivity contribution in [1.82, 2.24) is 0 Å². The van der Waals surface area contributed by atoms with Crippen molar-refractivity contribution >= 4 is 0 Å². The van der Waals surface area contributed by atoms with E-state index in [1.807, 2.05) is 31.2 Å².